The van der Waals surface area contributed by atoms with E-state index in [4.69, 9.17) is 0 Å². The van der Waals surface area contributed by atoms with Crippen molar-refractivity contribution in [2.75, 3.05) is 7.11 Å². The maximum absolute atomic E-state index is 12.1. The maximum atomic E-state index is 12.1. The zero-order chi connectivity index (χ0) is 13.4. The van der Waals surface area contributed by atoms with E-state index in [0.29, 0.717) is 15.9 Å². The van der Waals surface area contributed by atoms with Crippen LogP contribution in [0.4, 0.5) is 5.69 Å². The average Bonchev–Trinajstić information content (AvgIpc) is 2.72. The molecule has 1 aliphatic heterocycles. The number of carbonyl (C=O) groups excluding carboxylic acids is 1. The number of hydrogen-bond acceptors (Lipinski definition) is 5. The van der Waals surface area contributed by atoms with E-state index in [-0.39, 0.29) is 5.56 Å². The van der Waals surface area contributed by atoms with Gasteiger partial charge in [-0.25, -0.2) is 9.79 Å². The number of benzene rings is 1. The number of thiazole rings is 1. The lowest BCUT2D eigenvalue weighted by molar-refractivity contribution is -0.133. The van der Waals surface area contributed by atoms with Crippen LogP contribution in [0.3, 0.4) is 0 Å². The van der Waals surface area contributed by atoms with Gasteiger partial charge >= 0.3 is 5.97 Å². The Morgan fingerprint density at radius 3 is 3.05 bits per heavy atom. The van der Waals surface area contributed by atoms with Crippen LogP contribution in [0.5, 0.6) is 0 Å². The van der Waals surface area contributed by atoms with Crippen molar-refractivity contribution in [3.8, 4) is 0 Å². The molecule has 1 aromatic carbocycles. The third-order valence-corrected chi connectivity index (χ3v) is 3.88. The molecule has 6 heteroatoms. The topological polar surface area (TPSA) is 60.7 Å². The van der Waals surface area contributed by atoms with Gasteiger partial charge in [-0.1, -0.05) is 29.5 Å². The highest BCUT2D eigenvalue weighted by molar-refractivity contribution is 7.07. The lowest BCUT2D eigenvalue weighted by atomic mass is 10.1. The molecule has 0 spiro atoms. The number of aromatic nitrogens is 1. The molecular weight excluding hydrogens is 264 g/mol. The predicted molar refractivity (Wildman–Crippen MR) is 71.0 cm³/mol. The van der Waals surface area contributed by atoms with E-state index >= 15 is 0 Å². The van der Waals surface area contributed by atoms with Gasteiger partial charge in [-0.05, 0) is 11.6 Å². The molecule has 2 heterocycles. The zero-order valence-electron chi connectivity index (χ0n) is 10.1. The largest absolute Gasteiger partial charge is 0.466 e. The van der Waals surface area contributed by atoms with Gasteiger partial charge in [0, 0.05) is 6.08 Å². The predicted octanol–water partition coefficient (Wildman–Crippen LogP) is 0.176. The summed E-state index contributed by atoms with van der Waals surface area (Å²) in [5.41, 5.74) is 1.66. The smallest absolute Gasteiger partial charge is 0.332 e. The van der Waals surface area contributed by atoms with Crippen molar-refractivity contribution in [1.29, 1.82) is 0 Å². The molecule has 0 amide bonds. The van der Waals surface area contributed by atoms with Crippen LogP contribution in [-0.2, 0) is 16.1 Å². The number of carbonyl (C=O) groups is 1. The van der Waals surface area contributed by atoms with Crippen molar-refractivity contribution in [2.24, 2.45) is 4.99 Å². The summed E-state index contributed by atoms with van der Waals surface area (Å²) in [6.45, 7) is 0.485. The minimum atomic E-state index is -0.534. The molecule has 19 heavy (non-hydrogen) atoms. The monoisotopic (exact) mass is 274 g/mol. The minimum Gasteiger partial charge on any atom is -0.466 e. The molecule has 0 bridgehead atoms. The molecule has 1 aliphatic rings. The van der Waals surface area contributed by atoms with Crippen LogP contribution in [0.25, 0.3) is 6.08 Å². The van der Waals surface area contributed by atoms with Crippen molar-refractivity contribution >= 4 is 29.1 Å². The molecule has 0 fully saturated rings. The van der Waals surface area contributed by atoms with Crippen molar-refractivity contribution in [2.45, 2.75) is 6.54 Å². The molecular formula is C13H10N2O3S. The van der Waals surface area contributed by atoms with Gasteiger partial charge < -0.3 is 4.74 Å². The fraction of sp³-hybridized carbons (Fsp3) is 0.154. The molecule has 0 atom stereocenters. The fourth-order valence-electron chi connectivity index (χ4n) is 1.92. The number of hydrogen-bond donors (Lipinski definition) is 0. The Balaban J connectivity index is 2.23. The van der Waals surface area contributed by atoms with E-state index in [2.05, 4.69) is 9.73 Å². The summed E-state index contributed by atoms with van der Waals surface area (Å²) in [4.78, 5) is 28.4. The lowest BCUT2D eigenvalue weighted by Crippen LogP contribution is -2.33. The maximum Gasteiger partial charge on any atom is 0.332 e. The molecule has 5 nitrogen and oxygen atoms in total. The molecule has 0 radical (unpaired) electrons. The van der Waals surface area contributed by atoms with Crippen LogP contribution < -0.4 is 14.9 Å². The van der Waals surface area contributed by atoms with Crippen LogP contribution in [0, 0.1) is 0 Å². The van der Waals surface area contributed by atoms with Gasteiger partial charge in [-0.15, -0.1) is 0 Å². The molecule has 0 aliphatic carbocycles. The van der Waals surface area contributed by atoms with E-state index in [9.17, 15) is 9.59 Å². The van der Waals surface area contributed by atoms with Crippen molar-refractivity contribution in [1.82, 2.24) is 4.57 Å². The fourth-order valence-corrected chi connectivity index (χ4v) is 2.87. The summed E-state index contributed by atoms with van der Waals surface area (Å²) in [5, 5.41) is 0. The second-order valence-electron chi connectivity index (χ2n) is 4.05. The Morgan fingerprint density at radius 2 is 2.26 bits per heavy atom. The molecule has 1 aromatic heterocycles. The van der Waals surface area contributed by atoms with Gasteiger partial charge in [0.2, 0.25) is 0 Å². The number of methoxy groups -OCH3 is 1. The van der Waals surface area contributed by atoms with Gasteiger partial charge in [0.25, 0.3) is 5.56 Å². The highest BCUT2D eigenvalue weighted by atomic mass is 32.1. The molecule has 3 rings (SSSR count). The number of esters is 1. The highest BCUT2D eigenvalue weighted by Crippen LogP contribution is 2.20. The number of nitrogens with zero attached hydrogens (tertiary/aromatic N) is 2. The van der Waals surface area contributed by atoms with E-state index < -0.39 is 5.97 Å². The Labute approximate surface area is 112 Å². The molecule has 0 saturated carbocycles. The summed E-state index contributed by atoms with van der Waals surface area (Å²) in [6, 6.07) is 7.67. The summed E-state index contributed by atoms with van der Waals surface area (Å²) in [5.74, 6) is -0.534. The summed E-state index contributed by atoms with van der Waals surface area (Å²) in [6.07, 6.45) is 1.21. The third kappa shape index (κ3) is 2.00. The number of para-hydroxylation sites is 1. The Kier molecular flexibility index (Phi) is 2.79. The molecule has 0 saturated heterocycles. The van der Waals surface area contributed by atoms with E-state index in [0.717, 1.165) is 11.3 Å². The SMILES string of the molecule is COC(=O)/C=c1/sc2n(c1=O)Cc1ccccc1N=2. The van der Waals surface area contributed by atoms with E-state index in [1.54, 1.807) is 4.57 Å². The standard InChI is InChI=1S/C13H10N2O3S/c1-18-11(16)6-10-12(17)15-7-8-4-2-3-5-9(8)14-13(15)19-10/h2-6H,7H2,1H3/b10-6+. The van der Waals surface area contributed by atoms with Gasteiger partial charge in [0.05, 0.1) is 19.3 Å². The zero-order valence-corrected chi connectivity index (χ0v) is 10.9. The molecule has 0 N–H and O–H groups in total. The van der Waals surface area contributed by atoms with Gasteiger partial charge in [0.1, 0.15) is 4.53 Å². The first-order chi connectivity index (χ1) is 9.19. The second-order valence-corrected chi connectivity index (χ2v) is 5.06. The first kappa shape index (κ1) is 11.9. The second kappa shape index (κ2) is 4.47. The minimum absolute atomic E-state index is 0.205. The summed E-state index contributed by atoms with van der Waals surface area (Å²) in [7, 11) is 1.28. The molecule has 0 unspecified atom stereocenters. The third-order valence-electron chi connectivity index (χ3n) is 2.87. The first-order valence-corrected chi connectivity index (χ1v) is 6.46. The van der Waals surface area contributed by atoms with Crippen molar-refractivity contribution < 1.29 is 9.53 Å². The first-order valence-electron chi connectivity index (χ1n) is 5.65. The molecule has 96 valence electrons. The van der Waals surface area contributed by atoms with Gasteiger partial charge in [-0.2, -0.15) is 0 Å². The van der Waals surface area contributed by atoms with Crippen molar-refractivity contribution in [3.63, 3.8) is 0 Å². The normalized spacial score (nSPS) is 13.4. The van der Waals surface area contributed by atoms with Crippen LogP contribution >= 0.6 is 11.3 Å². The quantitative estimate of drug-likeness (QED) is 0.595. The number of fused-ring (bicyclic) bond motifs is 2. The van der Waals surface area contributed by atoms with Crippen LogP contribution in [0.1, 0.15) is 5.56 Å². The molecule has 2 aromatic rings. The van der Waals surface area contributed by atoms with Gasteiger partial charge in [-0.3, -0.25) is 9.36 Å². The average molecular weight is 274 g/mol. The van der Waals surface area contributed by atoms with E-state index in [1.165, 1.54) is 24.5 Å². The summed E-state index contributed by atoms with van der Waals surface area (Å²) >= 11 is 1.20. The Morgan fingerprint density at radius 1 is 1.47 bits per heavy atom. The Bertz CT molecular complexity index is 832. The highest BCUT2D eigenvalue weighted by Gasteiger charge is 2.14. The van der Waals surface area contributed by atoms with E-state index in [1.807, 2.05) is 24.3 Å². The Hall–Kier alpha value is -2.21. The number of rotatable bonds is 1. The number of ether oxygens (including phenoxy) is 1. The van der Waals surface area contributed by atoms with Crippen LogP contribution in [0.2, 0.25) is 0 Å². The lowest BCUT2D eigenvalue weighted by Gasteiger charge is -2.10. The van der Waals surface area contributed by atoms with Crippen LogP contribution in [-0.4, -0.2) is 17.6 Å². The summed E-state index contributed by atoms with van der Waals surface area (Å²) < 4.78 is 6.45. The van der Waals surface area contributed by atoms with Crippen molar-refractivity contribution in [3.05, 3.63) is 49.5 Å². The van der Waals surface area contributed by atoms with Crippen LogP contribution in [0.15, 0.2) is 34.1 Å². The van der Waals surface area contributed by atoms with Gasteiger partial charge in [0.15, 0.2) is 4.80 Å².